The van der Waals surface area contributed by atoms with Crippen molar-refractivity contribution in [2.75, 3.05) is 7.11 Å². The van der Waals surface area contributed by atoms with Crippen molar-refractivity contribution in [2.24, 2.45) is 0 Å². The number of benzene rings is 1. The highest BCUT2D eigenvalue weighted by Gasteiger charge is 2.20. The number of nitrogens with one attached hydrogen (secondary N) is 1. The minimum atomic E-state index is -0.278. The van der Waals surface area contributed by atoms with Crippen LogP contribution in [0.1, 0.15) is 41.0 Å². The van der Waals surface area contributed by atoms with Crippen molar-refractivity contribution in [2.45, 2.75) is 32.2 Å². The van der Waals surface area contributed by atoms with Gasteiger partial charge in [-0.2, -0.15) is 0 Å². The summed E-state index contributed by atoms with van der Waals surface area (Å²) in [6.45, 7) is 0.886. The minimum Gasteiger partial charge on any atom is -0.507 e. The van der Waals surface area contributed by atoms with Gasteiger partial charge in [0.05, 0.1) is 18.4 Å². The first-order valence-electron chi connectivity index (χ1n) is 8.70. The van der Waals surface area contributed by atoms with E-state index in [9.17, 15) is 9.90 Å². The number of ketones is 1. The SMILES string of the molecule is COc1ccc(O)c(C(=O)c2c[nH]c(-c3nnc4n3CCCCC4)c2)c1. The number of aromatic amines is 1. The lowest BCUT2D eigenvalue weighted by Gasteiger charge is -2.05. The highest BCUT2D eigenvalue weighted by Crippen LogP contribution is 2.27. The van der Waals surface area contributed by atoms with Crippen LogP contribution in [0.5, 0.6) is 11.5 Å². The van der Waals surface area contributed by atoms with E-state index in [0.29, 0.717) is 11.3 Å². The Balaban J connectivity index is 1.67. The van der Waals surface area contributed by atoms with Crippen molar-refractivity contribution in [3.63, 3.8) is 0 Å². The fraction of sp³-hybridized carbons (Fsp3) is 0.316. The predicted molar refractivity (Wildman–Crippen MR) is 95.5 cm³/mol. The van der Waals surface area contributed by atoms with Crippen molar-refractivity contribution in [3.05, 3.63) is 47.4 Å². The molecule has 0 saturated carbocycles. The van der Waals surface area contributed by atoms with Crippen molar-refractivity contribution in [3.8, 4) is 23.0 Å². The van der Waals surface area contributed by atoms with Gasteiger partial charge in [-0.15, -0.1) is 10.2 Å². The van der Waals surface area contributed by atoms with E-state index in [-0.39, 0.29) is 17.1 Å². The van der Waals surface area contributed by atoms with Gasteiger partial charge < -0.3 is 19.4 Å². The minimum absolute atomic E-state index is 0.0742. The lowest BCUT2D eigenvalue weighted by Crippen LogP contribution is -2.03. The molecule has 0 amide bonds. The molecule has 0 atom stereocenters. The molecular weight excluding hydrogens is 332 g/mol. The standard InChI is InChI=1S/C19H20N4O3/c1-26-13-6-7-16(24)14(10-13)18(25)12-9-15(20-11-12)19-22-21-17-5-3-2-4-8-23(17)19/h6-7,9-11,20,24H,2-5,8H2,1H3. The average molecular weight is 352 g/mol. The Morgan fingerprint density at radius 3 is 2.96 bits per heavy atom. The number of phenols is 1. The van der Waals surface area contributed by atoms with Gasteiger partial charge in [-0.3, -0.25) is 4.79 Å². The predicted octanol–water partition coefficient (Wildman–Crippen LogP) is 2.94. The monoisotopic (exact) mass is 352 g/mol. The number of hydrogen-bond donors (Lipinski definition) is 2. The Labute approximate surface area is 150 Å². The van der Waals surface area contributed by atoms with Crippen LogP contribution < -0.4 is 4.74 Å². The first-order valence-corrected chi connectivity index (χ1v) is 8.70. The maximum absolute atomic E-state index is 12.8. The molecule has 0 radical (unpaired) electrons. The number of aromatic hydroxyl groups is 1. The summed E-state index contributed by atoms with van der Waals surface area (Å²) in [5.74, 6) is 1.90. The zero-order valence-corrected chi connectivity index (χ0v) is 14.5. The third kappa shape index (κ3) is 2.85. The Morgan fingerprint density at radius 1 is 1.23 bits per heavy atom. The van der Waals surface area contributed by atoms with E-state index < -0.39 is 0 Å². The third-order valence-electron chi connectivity index (χ3n) is 4.74. The Kier molecular flexibility index (Phi) is 4.20. The van der Waals surface area contributed by atoms with E-state index in [0.717, 1.165) is 43.1 Å². The number of rotatable bonds is 4. The molecule has 2 aromatic heterocycles. The number of nitrogens with zero attached hydrogens (tertiary/aromatic N) is 3. The summed E-state index contributed by atoms with van der Waals surface area (Å²) >= 11 is 0. The molecule has 134 valence electrons. The molecule has 0 spiro atoms. The van der Waals surface area contributed by atoms with Gasteiger partial charge >= 0.3 is 0 Å². The summed E-state index contributed by atoms with van der Waals surface area (Å²) in [7, 11) is 1.52. The first kappa shape index (κ1) is 16.4. The summed E-state index contributed by atoms with van der Waals surface area (Å²) in [5.41, 5.74) is 1.40. The number of H-pyrrole nitrogens is 1. The summed E-state index contributed by atoms with van der Waals surface area (Å²) in [5, 5.41) is 18.6. The molecule has 1 aliphatic heterocycles. The van der Waals surface area contributed by atoms with Crippen LogP contribution in [0.2, 0.25) is 0 Å². The number of aryl methyl sites for hydroxylation is 1. The number of hydrogen-bond acceptors (Lipinski definition) is 5. The van der Waals surface area contributed by atoms with E-state index in [1.807, 2.05) is 0 Å². The lowest BCUT2D eigenvalue weighted by molar-refractivity contribution is 0.103. The van der Waals surface area contributed by atoms with E-state index in [2.05, 4.69) is 19.7 Å². The zero-order chi connectivity index (χ0) is 18.1. The fourth-order valence-corrected chi connectivity index (χ4v) is 3.32. The van der Waals surface area contributed by atoms with Crippen LogP contribution in [0.4, 0.5) is 0 Å². The Morgan fingerprint density at radius 2 is 2.12 bits per heavy atom. The van der Waals surface area contributed by atoms with Crippen LogP contribution >= 0.6 is 0 Å². The second-order valence-corrected chi connectivity index (χ2v) is 6.42. The topological polar surface area (TPSA) is 93.0 Å². The van der Waals surface area contributed by atoms with Gasteiger partial charge in [0.1, 0.15) is 17.3 Å². The Bertz CT molecular complexity index is 958. The smallest absolute Gasteiger partial charge is 0.198 e. The molecule has 0 saturated heterocycles. The number of aromatic nitrogens is 4. The van der Waals surface area contributed by atoms with Gasteiger partial charge in [0.15, 0.2) is 11.6 Å². The number of carbonyl (C=O) groups is 1. The summed E-state index contributed by atoms with van der Waals surface area (Å²) in [4.78, 5) is 15.9. The van der Waals surface area contributed by atoms with E-state index in [1.165, 1.54) is 25.7 Å². The highest BCUT2D eigenvalue weighted by molar-refractivity contribution is 6.11. The largest absolute Gasteiger partial charge is 0.507 e. The van der Waals surface area contributed by atoms with Crippen molar-refractivity contribution in [1.82, 2.24) is 19.7 Å². The molecule has 3 aromatic rings. The second kappa shape index (κ2) is 6.67. The van der Waals surface area contributed by atoms with Crippen LogP contribution in [0.25, 0.3) is 11.5 Å². The van der Waals surface area contributed by atoms with Crippen LogP contribution in [-0.2, 0) is 13.0 Å². The van der Waals surface area contributed by atoms with E-state index in [1.54, 1.807) is 18.3 Å². The normalized spacial score (nSPS) is 13.9. The molecule has 26 heavy (non-hydrogen) atoms. The average Bonchev–Trinajstić information content (AvgIpc) is 3.23. The second-order valence-electron chi connectivity index (χ2n) is 6.42. The van der Waals surface area contributed by atoms with Crippen molar-refractivity contribution in [1.29, 1.82) is 0 Å². The highest BCUT2D eigenvalue weighted by atomic mass is 16.5. The third-order valence-corrected chi connectivity index (χ3v) is 4.74. The van der Waals surface area contributed by atoms with Crippen molar-refractivity contribution >= 4 is 5.78 Å². The van der Waals surface area contributed by atoms with Crippen LogP contribution in [0.3, 0.4) is 0 Å². The summed E-state index contributed by atoms with van der Waals surface area (Å²) in [6.07, 6.45) is 5.97. The maximum atomic E-state index is 12.8. The molecule has 1 aliphatic rings. The van der Waals surface area contributed by atoms with Crippen molar-refractivity contribution < 1.29 is 14.6 Å². The molecule has 7 heteroatoms. The lowest BCUT2D eigenvalue weighted by atomic mass is 10.0. The van der Waals surface area contributed by atoms with Gasteiger partial charge in [-0.1, -0.05) is 6.42 Å². The number of methoxy groups -OCH3 is 1. The molecule has 4 rings (SSSR count). The molecule has 0 bridgehead atoms. The molecule has 7 nitrogen and oxygen atoms in total. The number of ether oxygens (including phenoxy) is 1. The number of fused-ring (bicyclic) bond motifs is 1. The van der Waals surface area contributed by atoms with Crippen LogP contribution in [0.15, 0.2) is 30.5 Å². The van der Waals surface area contributed by atoms with Gasteiger partial charge in [0.2, 0.25) is 0 Å². The Hall–Kier alpha value is -3.09. The molecule has 1 aromatic carbocycles. The zero-order valence-electron chi connectivity index (χ0n) is 14.5. The molecule has 0 fully saturated rings. The van der Waals surface area contributed by atoms with Gasteiger partial charge in [0.25, 0.3) is 0 Å². The molecular formula is C19H20N4O3. The molecule has 0 aliphatic carbocycles. The van der Waals surface area contributed by atoms with Gasteiger partial charge in [-0.25, -0.2) is 0 Å². The molecule has 3 heterocycles. The summed E-state index contributed by atoms with van der Waals surface area (Å²) in [6, 6.07) is 6.36. The number of carbonyl (C=O) groups excluding carboxylic acids is 1. The summed E-state index contributed by atoms with van der Waals surface area (Å²) < 4.78 is 7.26. The van der Waals surface area contributed by atoms with E-state index in [4.69, 9.17) is 4.74 Å². The van der Waals surface area contributed by atoms with Crippen LogP contribution in [-0.4, -0.2) is 37.7 Å². The van der Waals surface area contributed by atoms with Gasteiger partial charge in [-0.05, 0) is 37.1 Å². The quantitative estimate of drug-likeness (QED) is 0.704. The van der Waals surface area contributed by atoms with Gasteiger partial charge in [0, 0.05) is 24.7 Å². The molecule has 0 unspecified atom stereocenters. The number of phenolic OH excluding ortho intramolecular Hbond substituents is 1. The molecule has 2 N–H and O–H groups in total. The first-order chi connectivity index (χ1) is 12.7. The van der Waals surface area contributed by atoms with E-state index >= 15 is 0 Å². The fourth-order valence-electron chi connectivity index (χ4n) is 3.32. The maximum Gasteiger partial charge on any atom is 0.198 e. The van der Waals surface area contributed by atoms with Crippen LogP contribution in [0, 0.1) is 0 Å².